The normalized spacial score (nSPS) is 35.0. The summed E-state index contributed by atoms with van der Waals surface area (Å²) >= 11 is 6.99. The van der Waals surface area contributed by atoms with Crippen LogP contribution in [-0.2, 0) is 18.4 Å². The molecule has 0 bridgehead atoms. The van der Waals surface area contributed by atoms with Gasteiger partial charge >= 0.3 is 140 Å². The first-order valence-corrected chi connectivity index (χ1v) is 11.5. The van der Waals surface area contributed by atoms with E-state index in [1.54, 1.807) is 5.82 Å². The Bertz CT molecular complexity index is 637. The van der Waals surface area contributed by atoms with Gasteiger partial charge in [0.15, 0.2) is 0 Å². The summed E-state index contributed by atoms with van der Waals surface area (Å²) in [5.74, 6) is -2.42. The third-order valence-corrected chi connectivity index (χ3v) is 9.62. The van der Waals surface area contributed by atoms with Crippen LogP contribution in [0.25, 0.3) is 0 Å². The Labute approximate surface area is 139 Å². The van der Waals surface area contributed by atoms with Gasteiger partial charge in [0.05, 0.1) is 0 Å². The summed E-state index contributed by atoms with van der Waals surface area (Å²) in [7, 11) is 0. The van der Waals surface area contributed by atoms with Crippen LogP contribution in [0.1, 0.15) is 31.9 Å². The second-order valence-electron chi connectivity index (χ2n) is 5.30. The van der Waals surface area contributed by atoms with Gasteiger partial charge in [-0.1, -0.05) is 0 Å². The third kappa shape index (κ3) is 2.51. The van der Waals surface area contributed by atoms with Crippen LogP contribution in [0.4, 0.5) is 0 Å². The quantitative estimate of drug-likeness (QED) is 0.585. The topological polar surface area (TPSA) is 44.8 Å². The first-order valence-electron chi connectivity index (χ1n) is 6.60. The first kappa shape index (κ1) is 15.6. The maximum absolute atomic E-state index is 12.3. The van der Waals surface area contributed by atoms with Crippen molar-refractivity contribution >= 4 is 43.4 Å². The van der Waals surface area contributed by atoms with Crippen LogP contribution < -0.4 is 0 Å². The van der Waals surface area contributed by atoms with E-state index in [4.69, 9.17) is 13.6 Å². The summed E-state index contributed by atoms with van der Waals surface area (Å²) in [4.78, 5) is 12.3. The number of rotatable bonds is 2. The van der Waals surface area contributed by atoms with Crippen molar-refractivity contribution in [2.75, 3.05) is 0 Å². The summed E-state index contributed by atoms with van der Waals surface area (Å²) in [5, 5.41) is 0. The van der Waals surface area contributed by atoms with E-state index in [0.717, 1.165) is 16.5 Å². The fourth-order valence-corrected chi connectivity index (χ4v) is 10.1. The van der Waals surface area contributed by atoms with Gasteiger partial charge in [-0.05, 0) is 0 Å². The third-order valence-electron chi connectivity index (χ3n) is 3.72. The Hall–Kier alpha value is -0.260. The molecule has 21 heavy (non-hydrogen) atoms. The minimum atomic E-state index is -3.73. The molecule has 0 N–H and O–H groups in total. The van der Waals surface area contributed by atoms with Gasteiger partial charge in [0.2, 0.25) is 0 Å². The van der Waals surface area contributed by atoms with E-state index in [1.807, 2.05) is 44.2 Å². The number of carbonyl (C=O) groups is 1. The van der Waals surface area contributed by atoms with Crippen LogP contribution in [0.5, 0.6) is 0 Å². The molecule has 2 heterocycles. The van der Waals surface area contributed by atoms with E-state index >= 15 is 0 Å². The molecule has 1 fully saturated rings. The van der Waals surface area contributed by atoms with Crippen molar-refractivity contribution in [1.82, 2.24) is 0 Å². The fourth-order valence-electron chi connectivity index (χ4n) is 2.36. The molecule has 0 aliphatic carbocycles. The number of benzene rings is 1. The Morgan fingerprint density at radius 3 is 2.57 bits per heavy atom. The fraction of sp³-hybridized carbons (Fsp3) is 0.357. The van der Waals surface area contributed by atoms with Crippen molar-refractivity contribution in [3.63, 3.8) is 0 Å². The van der Waals surface area contributed by atoms with Gasteiger partial charge < -0.3 is 0 Å². The predicted octanol–water partition coefficient (Wildman–Crippen LogP) is 5.34. The van der Waals surface area contributed by atoms with E-state index in [2.05, 4.69) is 31.4 Å². The summed E-state index contributed by atoms with van der Waals surface area (Å²) in [6, 6.07) is 9.27. The van der Waals surface area contributed by atoms with Gasteiger partial charge in [-0.15, -0.1) is 0 Å². The average Bonchev–Trinajstić information content (AvgIpc) is 2.82. The summed E-state index contributed by atoms with van der Waals surface area (Å²) in [6.45, 7) is 3.94. The first-order chi connectivity index (χ1) is 9.78. The van der Waals surface area contributed by atoms with Gasteiger partial charge in [-0.3, -0.25) is 0 Å². The molecule has 0 amide bonds. The van der Waals surface area contributed by atoms with Crippen molar-refractivity contribution in [3.8, 4) is 0 Å². The molecule has 1 spiro atoms. The van der Waals surface area contributed by atoms with Crippen LogP contribution in [-0.4, -0.2) is 11.6 Å². The van der Waals surface area contributed by atoms with Crippen LogP contribution in [0.2, 0.25) is 0 Å². The van der Waals surface area contributed by atoms with E-state index in [1.165, 1.54) is 0 Å². The molecule has 2 atom stereocenters. The Morgan fingerprint density at radius 1 is 1.33 bits per heavy atom. The van der Waals surface area contributed by atoms with E-state index in [9.17, 15) is 4.79 Å². The number of hydrogen-bond acceptors (Lipinski definition) is 4. The molecule has 0 saturated carbocycles. The zero-order valence-electron chi connectivity index (χ0n) is 11.6. The van der Waals surface area contributed by atoms with Crippen molar-refractivity contribution in [3.05, 3.63) is 46.2 Å². The Morgan fingerprint density at radius 2 is 2.00 bits per heavy atom. The van der Waals surface area contributed by atoms with Crippen LogP contribution in [0.3, 0.4) is 0 Å². The van der Waals surface area contributed by atoms with Crippen molar-refractivity contribution < 1.29 is 18.4 Å². The molecule has 0 aromatic heterocycles. The summed E-state index contributed by atoms with van der Waals surface area (Å²) in [5.41, 5.74) is 0.189. The molecule has 4 nitrogen and oxygen atoms in total. The molecule has 0 radical (unpaired) electrons. The molecular weight excluding hydrogens is 423 g/mol. The van der Waals surface area contributed by atoms with Crippen LogP contribution in [0, 0.1) is 0 Å². The number of carbonyl (C=O) groups excluding carboxylic acids is 1. The number of hydrogen-bond donors (Lipinski definition) is 0. The van der Waals surface area contributed by atoms with E-state index in [-0.39, 0.29) is 0 Å². The summed E-state index contributed by atoms with van der Waals surface area (Å²) < 4.78 is 18.5. The average molecular weight is 438 g/mol. The second-order valence-corrected chi connectivity index (χ2v) is 12.5. The second kappa shape index (κ2) is 4.87. The molecule has 114 valence electrons. The molecule has 1 aromatic carbocycles. The van der Waals surface area contributed by atoms with Crippen LogP contribution in [0.15, 0.2) is 40.6 Å². The predicted molar refractivity (Wildman–Crippen MR) is 89.0 cm³/mol. The zero-order chi connectivity index (χ0) is 15.3. The monoisotopic (exact) mass is 436 g/mol. The maximum atomic E-state index is 12.3. The minimum absolute atomic E-state index is 0.437. The molecule has 2 aliphatic heterocycles. The van der Waals surface area contributed by atoms with Gasteiger partial charge in [-0.2, -0.15) is 0 Å². The van der Waals surface area contributed by atoms with E-state index < -0.39 is 23.7 Å². The van der Waals surface area contributed by atoms with Crippen LogP contribution >= 0.6 is 37.4 Å². The van der Waals surface area contributed by atoms with Gasteiger partial charge in [0.25, 0.3) is 0 Å². The van der Waals surface area contributed by atoms with Crippen molar-refractivity contribution in [2.45, 2.75) is 32.0 Å². The van der Waals surface area contributed by atoms with Gasteiger partial charge in [0.1, 0.15) is 0 Å². The van der Waals surface area contributed by atoms with Gasteiger partial charge in [0, 0.05) is 0 Å². The Kier molecular flexibility index (Phi) is 3.62. The molecule has 3 rings (SSSR count). The summed E-state index contributed by atoms with van der Waals surface area (Å²) in [6.07, 6.45) is -0.0520. The van der Waals surface area contributed by atoms with Gasteiger partial charge in [-0.25, -0.2) is 0 Å². The molecule has 2 unspecified atom stereocenters. The molecule has 1 aromatic rings. The van der Waals surface area contributed by atoms with Crippen molar-refractivity contribution in [1.29, 1.82) is 0 Å². The zero-order valence-corrected chi connectivity index (χ0v) is 15.7. The number of halogens is 2. The van der Waals surface area contributed by atoms with Crippen molar-refractivity contribution in [2.24, 2.45) is 0 Å². The standard InChI is InChI=1S/C14H15Br2O4P/c1-3-14(2)11(15)9-21(16,20-14)18-12(13(17)19-21)10-7-5-4-6-8-10/h4-9,12H,3H2,1-2H3. The Balaban J connectivity index is 1.98. The molecule has 7 heteroatoms. The van der Waals surface area contributed by atoms with E-state index in [0.29, 0.717) is 0 Å². The molecular formula is C14H15Br2O4P. The SMILES string of the molecule is CCC1(C)OP2(Br)(C=C1Br)OC(=O)C(c1ccccc1)O2. The molecule has 2 aliphatic rings. The molecule has 1 saturated heterocycles.